The second-order valence-electron chi connectivity index (χ2n) is 7.04. The van der Waals surface area contributed by atoms with E-state index in [4.69, 9.17) is 9.47 Å². The summed E-state index contributed by atoms with van der Waals surface area (Å²) in [7, 11) is 3.47. The van der Waals surface area contributed by atoms with E-state index in [1.54, 1.807) is 31.9 Å². The van der Waals surface area contributed by atoms with Gasteiger partial charge in [-0.15, -0.1) is 11.3 Å². The quantitative estimate of drug-likeness (QED) is 0.387. The number of thiophene rings is 1. The lowest BCUT2D eigenvalue weighted by atomic mass is 10.1. The second-order valence-corrected chi connectivity index (χ2v) is 8.12. The van der Waals surface area contributed by atoms with E-state index >= 15 is 0 Å². The van der Waals surface area contributed by atoms with Crippen molar-refractivity contribution in [3.05, 3.63) is 40.7 Å². The van der Waals surface area contributed by atoms with Gasteiger partial charge >= 0.3 is 0 Å². The Labute approximate surface area is 173 Å². The standard InChI is InChI=1S/C21H25N5O2S/c1-13-8-17-14(10-24-26-17)9-16(13)25-20-19-15(6-4-5-7-27-2)18(11-28-3)29-21(19)23-12-22-20/h8-10,12H,4-7,11H2,1-3H3,(H,24,26)(H,22,23,25). The summed E-state index contributed by atoms with van der Waals surface area (Å²) >= 11 is 1.68. The van der Waals surface area contributed by atoms with Gasteiger partial charge in [0.05, 0.1) is 23.7 Å². The molecule has 0 saturated carbocycles. The molecular weight excluding hydrogens is 386 g/mol. The Balaban J connectivity index is 1.73. The van der Waals surface area contributed by atoms with Crippen molar-refractivity contribution in [1.82, 2.24) is 20.2 Å². The minimum atomic E-state index is 0.583. The van der Waals surface area contributed by atoms with E-state index < -0.39 is 0 Å². The Bertz CT molecular complexity index is 1120. The summed E-state index contributed by atoms with van der Waals surface area (Å²) in [5, 5.41) is 12.8. The fourth-order valence-electron chi connectivity index (χ4n) is 3.55. The number of nitrogens with one attached hydrogen (secondary N) is 2. The van der Waals surface area contributed by atoms with Crippen molar-refractivity contribution in [2.24, 2.45) is 0 Å². The molecule has 0 aliphatic rings. The topological polar surface area (TPSA) is 84.9 Å². The van der Waals surface area contributed by atoms with Crippen LogP contribution in [-0.4, -0.2) is 41.0 Å². The Kier molecular flexibility index (Phi) is 6.03. The first kappa shape index (κ1) is 19.8. The Morgan fingerprint density at radius 2 is 2.03 bits per heavy atom. The van der Waals surface area contributed by atoms with E-state index in [2.05, 4.69) is 44.5 Å². The third kappa shape index (κ3) is 4.10. The molecule has 0 fully saturated rings. The number of rotatable bonds is 9. The fourth-order valence-corrected chi connectivity index (χ4v) is 4.71. The summed E-state index contributed by atoms with van der Waals surface area (Å²) in [4.78, 5) is 11.3. The van der Waals surface area contributed by atoms with Crippen molar-refractivity contribution in [3.8, 4) is 0 Å². The first-order chi connectivity index (χ1) is 14.2. The van der Waals surface area contributed by atoms with Crippen molar-refractivity contribution in [2.45, 2.75) is 32.8 Å². The number of unbranched alkanes of at least 4 members (excludes halogenated alkanes) is 1. The number of hydrogen-bond acceptors (Lipinski definition) is 7. The van der Waals surface area contributed by atoms with Gasteiger partial charge < -0.3 is 14.8 Å². The highest BCUT2D eigenvalue weighted by Crippen LogP contribution is 2.37. The predicted octanol–water partition coefficient (Wildman–Crippen LogP) is 4.74. The van der Waals surface area contributed by atoms with Crippen molar-refractivity contribution >= 4 is 44.0 Å². The zero-order valence-corrected chi connectivity index (χ0v) is 17.7. The molecule has 0 saturated heterocycles. The molecule has 0 bridgehead atoms. The molecule has 0 aliphatic heterocycles. The molecule has 8 heteroatoms. The van der Waals surface area contributed by atoms with Crippen LogP contribution < -0.4 is 5.32 Å². The van der Waals surface area contributed by atoms with Gasteiger partial charge in [-0.2, -0.15) is 5.10 Å². The van der Waals surface area contributed by atoms with Crippen molar-refractivity contribution in [1.29, 1.82) is 0 Å². The highest BCUT2D eigenvalue weighted by Gasteiger charge is 2.18. The molecule has 0 amide bonds. The molecule has 1 aromatic carbocycles. The summed E-state index contributed by atoms with van der Waals surface area (Å²) in [5.74, 6) is 0.835. The van der Waals surface area contributed by atoms with Crippen LogP contribution >= 0.6 is 11.3 Å². The number of aromatic nitrogens is 4. The van der Waals surface area contributed by atoms with Crippen LogP contribution in [0.3, 0.4) is 0 Å². The van der Waals surface area contributed by atoms with Crippen LogP contribution in [0.25, 0.3) is 21.1 Å². The zero-order chi connectivity index (χ0) is 20.2. The molecular formula is C21H25N5O2S. The highest BCUT2D eigenvalue weighted by molar-refractivity contribution is 7.18. The molecule has 7 nitrogen and oxygen atoms in total. The monoisotopic (exact) mass is 411 g/mol. The van der Waals surface area contributed by atoms with Gasteiger partial charge in [-0.25, -0.2) is 9.97 Å². The summed E-state index contributed by atoms with van der Waals surface area (Å²) in [5.41, 5.74) is 4.44. The minimum Gasteiger partial charge on any atom is -0.385 e. The molecule has 0 aliphatic carbocycles. The molecule has 4 aromatic rings. The lowest BCUT2D eigenvalue weighted by Gasteiger charge is -2.12. The van der Waals surface area contributed by atoms with Gasteiger partial charge in [-0.1, -0.05) is 0 Å². The average Bonchev–Trinajstić information content (AvgIpc) is 3.30. The van der Waals surface area contributed by atoms with Crippen LogP contribution in [0.4, 0.5) is 11.5 Å². The third-order valence-corrected chi connectivity index (χ3v) is 6.12. The van der Waals surface area contributed by atoms with Crippen LogP contribution in [-0.2, 0) is 22.5 Å². The van der Waals surface area contributed by atoms with E-state index in [1.807, 2.05) is 6.20 Å². The highest BCUT2D eigenvalue weighted by atomic mass is 32.1. The largest absolute Gasteiger partial charge is 0.385 e. The van der Waals surface area contributed by atoms with Gasteiger partial charge in [0.1, 0.15) is 17.0 Å². The Morgan fingerprint density at radius 1 is 1.14 bits per heavy atom. The number of nitrogens with zero attached hydrogens (tertiary/aromatic N) is 3. The van der Waals surface area contributed by atoms with Crippen LogP contribution in [0.15, 0.2) is 24.7 Å². The molecule has 152 valence electrons. The number of H-pyrrole nitrogens is 1. The van der Waals surface area contributed by atoms with E-state index in [-0.39, 0.29) is 0 Å². The zero-order valence-electron chi connectivity index (χ0n) is 16.9. The number of anilines is 2. The number of ether oxygens (including phenoxy) is 2. The number of hydrogen-bond donors (Lipinski definition) is 2. The molecule has 29 heavy (non-hydrogen) atoms. The molecule has 0 spiro atoms. The number of fused-ring (bicyclic) bond motifs is 2. The smallest absolute Gasteiger partial charge is 0.142 e. The van der Waals surface area contributed by atoms with E-state index in [1.165, 1.54) is 10.4 Å². The predicted molar refractivity (Wildman–Crippen MR) is 117 cm³/mol. The summed E-state index contributed by atoms with van der Waals surface area (Å²) < 4.78 is 10.7. The molecule has 0 unspecified atom stereocenters. The maximum Gasteiger partial charge on any atom is 0.142 e. The first-order valence-electron chi connectivity index (χ1n) is 9.65. The third-order valence-electron chi connectivity index (χ3n) is 5.01. The van der Waals surface area contributed by atoms with Crippen molar-refractivity contribution < 1.29 is 9.47 Å². The second kappa shape index (κ2) is 8.86. The van der Waals surface area contributed by atoms with Crippen LogP contribution in [0.5, 0.6) is 0 Å². The molecule has 3 aromatic heterocycles. The van der Waals surface area contributed by atoms with Crippen molar-refractivity contribution in [2.75, 3.05) is 26.1 Å². The van der Waals surface area contributed by atoms with E-state index in [0.29, 0.717) is 6.61 Å². The summed E-state index contributed by atoms with van der Waals surface area (Å²) in [6.07, 6.45) is 6.47. The van der Waals surface area contributed by atoms with Gasteiger partial charge in [0.15, 0.2) is 0 Å². The SMILES string of the molecule is COCCCCc1c(COC)sc2ncnc(Nc3cc4cn[nH]c4cc3C)c12. The van der Waals surface area contributed by atoms with Gasteiger partial charge in [0.25, 0.3) is 0 Å². The Morgan fingerprint density at radius 3 is 2.86 bits per heavy atom. The van der Waals surface area contributed by atoms with Crippen LogP contribution in [0.2, 0.25) is 0 Å². The van der Waals surface area contributed by atoms with E-state index in [0.717, 1.165) is 64.1 Å². The van der Waals surface area contributed by atoms with Gasteiger partial charge in [-0.05, 0) is 49.4 Å². The average molecular weight is 412 g/mol. The number of benzene rings is 1. The molecule has 3 heterocycles. The van der Waals surface area contributed by atoms with Gasteiger partial charge in [0, 0.05) is 36.8 Å². The maximum absolute atomic E-state index is 5.45. The van der Waals surface area contributed by atoms with Gasteiger partial charge in [-0.3, -0.25) is 5.10 Å². The molecule has 2 N–H and O–H groups in total. The summed E-state index contributed by atoms with van der Waals surface area (Å²) in [6.45, 7) is 3.43. The van der Waals surface area contributed by atoms with Crippen LogP contribution in [0.1, 0.15) is 28.8 Å². The minimum absolute atomic E-state index is 0.583. The fraction of sp³-hybridized carbons (Fsp3) is 0.381. The lowest BCUT2D eigenvalue weighted by Crippen LogP contribution is -2.00. The van der Waals surface area contributed by atoms with Crippen molar-refractivity contribution in [3.63, 3.8) is 0 Å². The molecule has 4 rings (SSSR count). The number of aryl methyl sites for hydroxylation is 2. The summed E-state index contributed by atoms with van der Waals surface area (Å²) in [6, 6.07) is 4.20. The van der Waals surface area contributed by atoms with E-state index in [9.17, 15) is 0 Å². The normalized spacial score (nSPS) is 11.6. The number of aromatic amines is 1. The molecule has 0 atom stereocenters. The lowest BCUT2D eigenvalue weighted by molar-refractivity contribution is 0.186. The first-order valence-corrected chi connectivity index (χ1v) is 10.5. The van der Waals surface area contributed by atoms with Crippen LogP contribution in [0, 0.1) is 6.92 Å². The Hall–Kier alpha value is -2.55. The van der Waals surface area contributed by atoms with Gasteiger partial charge in [0.2, 0.25) is 0 Å². The maximum atomic E-state index is 5.45. The molecule has 0 radical (unpaired) electrons. The number of methoxy groups -OCH3 is 2.